The monoisotopic (exact) mass is 404 g/mol. The Labute approximate surface area is 173 Å². The van der Waals surface area contributed by atoms with Crippen molar-refractivity contribution in [2.75, 3.05) is 25.2 Å². The van der Waals surface area contributed by atoms with Crippen LogP contribution in [0.4, 0.5) is 11.5 Å². The number of aromatic hydroxyl groups is 1. The lowest BCUT2D eigenvalue weighted by atomic mass is 9.82. The van der Waals surface area contributed by atoms with Gasteiger partial charge in [0.25, 0.3) is 0 Å². The number of phenolic OH excluding ortho intramolecular Hbond substituents is 1. The van der Waals surface area contributed by atoms with E-state index in [4.69, 9.17) is 25.7 Å². The molecule has 152 valence electrons. The molecule has 0 amide bonds. The quantitative estimate of drug-likeness (QED) is 0.470. The summed E-state index contributed by atoms with van der Waals surface area (Å²) in [5, 5.41) is 19.4. The molecule has 0 bridgehead atoms. The number of anilines is 2. The fraction of sp³-hybridized carbons (Fsp3) is 0.182. The molecule has 0 aliphatic carbocycles. The van der Waals surface area contributed by atoms with Gasteiger partial charge in [0.15, 0.2) is 11.5 Å². The number of aromatic nitrogens is 1. The summed E-state index contributed by atoms with van der Waals surface area (Å²) in [7, 11) is 1.57. The van der Waals surface area contributed by atoms with Crippen LogP contribution in [0.2, 0.25) is 0 Å². The van der Waals surface area contributed by atoms with Gasteiger partial charge in [-0.15, -0.1) is 0 Å². The molecular weight excluding hydrogens is 384 g/mol. The summed E-state index contributed by atoms with van der Waals surface area (Å²) in [6.07, 6.45) is 0. The summed E-state index contributed by atoms with van der Waals surface area (Å²) in [4.78, 5) is 4.25. The molecule has 8 heteroatoms. The molecule has 0 unspecified atom stereocenters. The lowest BCUT2D eigenvalue weighted by Crippen LogP contribution is -2.17. The second-order valence-corrected chi connectivity index (χ2v) is 6.72. The minimum Gasteiger partial charge on any atom is -0.508 e. The number of hydrogen-bond acceptors (Lipinski definition) is 8. The number of pyridine rings is 1. The minimum absolute atomic E-state index is 0.0135. The summed E-state index contributed by atoms with van der Waals surface area (Å²) in [5.41, 5.74) is 14.7. The lowest BCUT2D eigenvalue weighted by Gasteiger charge is -2.30. The number of phenols is 1. The van der Waals surface area contributed by atoms with Gasteiger partial charge in [0.2, 0.25) is 5.88 Å². The third kappa shape index (κ3) is 2.97. The van der Waals surface area contributed by atoms with Crippen molar-refractivity contribution in [3.05, 3.63) is 58.7 Å². The van der Waals surface area contributed by atoms with E-state index in [1.54, 1.807) is 19.2 Å². The molecule has 0 fully saturated rings. The van der Waals surface area contributed by atoms with Crippen LogP contribution >= 0.6 is 0 Å². The van der Waals surface area contributed by atoms with Crippen LogP contribution in [-0.4, -0.2) is 23.8 Å². The number of nitrogens with zero attached hydrogens (tertiary/aromatic N) is 2. The molecule has 8 nitrogen and oxygen atoms in total. The number of nitrogens with two attached hydrogens (primary N) is 2. The highest BCUT2D eigenvalue weighted by Crippen LogP contribution is 2.51. The van der Waals surface area contributed by atoms with E-state index < -0.39 is 5.92 Å². The van der Waals surface area contributed by atoms with E-state index in [0.717, 1.165) is 11.1 Å². The van der Waals surface area contributed by atoms with Crippen molar-refractivity contribution < 1.29 is 19.3 Å². The molecule has 5 N–H and O–H groups in total. The molecular formula is C22H20N4O4. The average Bonchev–Trinajstić information content (AvgIpc) is 2.73. The lowest BCUT2D eigenvalue weighted by molar-refractivity contribution is 0.310. The minimum atomic E-state index is -0.422. The number of nitrogen functional groups attached to an aromatic ring is 2. The highest BCUT2D eigenvalue weighted by Gasteiger charge is 2.34. The standard InChI is InChI=1S/C22H20N4O4/c1-3-29-15-7-4-11(8-17(15)28-2)18-13-6-5-12(27)9-16(13)30-22-19(18)20(24)14(10-23)21(25)26-22/h4-9,18,27H,3H2,1-2H3,(H4,24,25,26)/t18-/m1/s1. The maximum absolute atomic E-state index is 9.93. The molecule has 1 aromatic heterocycles. The number of fused-ring (bicyclic) bond motifs is 2. The van der Waals surface area contributed by atoms with Gasteiger partial charge in [-0.3, -0.25) is 0 Å². The zero-order valence-corrected chi connectivity index (χ0v) is 16.5. The Kier molecular flexibility index (Phi) is 4.72. The van der Waals surface area contributed by atoms with Crippen LogP contribution in [0.3, 0.4) is 0 Å². The predicted molar refractivity (Wildman–Crippen MR) is 111 cm³/mol. The van der Waals surface area contributed by atoms with Crippen molar-refractivity contribution in [2.45, 2.75) is 12.8 Å². The molecule has 1 atom stereocenters. The third-order valence-corrected chi connectivity index (χ3v) is 5.00. The maximum atomic E-state index is 9.93. The topological polar surface area (TPSA) is 137 Å². The van der Waals surface area contributed by atoms with E-state index >= 15 is 0 Å². The van der Waals surface area contributed by atoms with Gasteiger partial charge >= 0.3 is 0 Å². The van der Waals surface area contributed by atoms with Crippen molar-refractivity contribution in [3.8, 4) is 34.9 Å². The summed E-state index contributed by atoms with van der Waals surface area (Å²) in [6, 6.07) is 12.4. The second-order valence-electron chi connectivity index (χ2n) is 6.72. The van der Waals surface area contributed by atoms with Gasteiger partial charge in [0.1, 0.15) is 28.9 Å². The molecule has 0 radical (unpaired) electrons. The summed E-state index contributed by atoms with van der Waals surface area (Å²) >= 11 is 0. The van der Waals surface area contributed by atoms with E-state index in [0.29, 0.717) is 29.4 Å². The van der Waals surface area contributed by atoms with Gasteiger partial charge in [-0.05, 0) is 30.7 Å². The van der Waals surface area contributed by atoms with Crippen molar-refractivity contribution in [2.24, 2.45) is 0 Å². The zero-order valence-electron chi connectivity index (χ0n) is 16.5. The second kappa shape index (κ2) is 7.37. The molecule has 0 saturated heterocycles. The SMILES string of the molecule is CCOc1ccc([C@@H]2c3ccc(O)cc3Oc3nc(N)c(C#N)c(N)c32)cc1OC. The van der Waals surface area contributed by atoms with Gasteiger partial charge in [-0.25, -0.2) is 0 Å². The first-order valence-electron chi connectivity index (χ1n) is 9.28. The fourth-order valence-corrected chi connectivity index (χ4v) is 3.68. The molecule has 1 aliphatic heterocycles. The van der Waals surface area contributed by atoms with Crippen LogP contribution in [-0.2, 0) is 0 Å². The fourth-order valence-electron chi connectivity index (χ4n) is 3.68. The van der Waals surface area contributed by atoms with Crippen LogP contribution in [0.15, 0.2) is 36.4 Å². The van der Waals surface area contributed by atoms with Crippen LogP contribution in [0.5, 0.6) is 28.9 Å². The predicted octanol–water partition coefficient (Wildman–Crippen LogP) is 3.52. The van der Waals surface area contributed by atoms with Gasteiger partial charge in [0.05, 0.1) is 25.0 Å². The van der Waals surface area contributed by atoms with Gasteiger partial charge in [0, 0.05) is 17.5 Å². The Bertz CT molecular complexity index is 1190. The number of methoxy groups -OCH3 is 1. The highest BCUT2D eigenvalue weighted by molar-refractivity contribution is 5.75. The van der Waals surface area contributed by atoms with Gasteiger partial charge < -0.3 is 30.8 Å². The first kappa shape index (κ1) is 19.2. The number of hydrogen-bond donors (Lipinski definition) is 3. The Morgan fingerprint density at radius 2 is 2.00 bits per heavy atom. The molecule has 30 heavy (non-hydrogen) atoms. The third-order valence-electron chi connectivity index (χ3n) is 5.00. The van der Waals surface area contributed by atoms with E-state index in [2.05, 4.69) is 4.98 Å². The Morgan fingerprint density at radius 3 is 2.70 bits per heavy atom. The van der Waals surface area contributed by atoms with E-state index in [1.165, 1.54) is 6.07 Å². The molecule has 2 aromatic carbocycles. The van der Waals surface area contributed by atoms with Gasteiger partial charge in [-0.2, -0.15) is 10.2 Å². The Hall–Kier alpha value is -4.12. The van der Waals surface area contributed by atoms with E-state index in [-0.39, 0.29) is 28.7 Å². The molecule has 0 spiro atoms. The zero-order chi connectivity index (χ0) is 21.4. The van der Waals surface area contributed by atoms with E-state index in [1.807, 2.05) is 31.2 Å². The van der Waals surface area contributed by atoms with Crippen LogP contribution < -0.4 is 25.7 Å². The number of ether oxygens (including phenoxy) is 3. The smallest absolute Gasteiger partial charge is 0.227 e. The highest BCUT2D eigenvalue weighted by atomic mass is 16.5. The van der Waals surface area contributed by atoms with Crippen molar-refractivity contribution >= 4 is 11.5 Å². The largest absolute Gasteiger partial charge is 0.508 e. The summed E-state index contributed by atoms with van der Waals surface area (Å²) in [6.45, 7) is 2.39. The first-order chi connectivity index (χ1) is 14.5. The van der Waals surface area contributed by atoms with Crippen molar-refractivity contribution in [1.29, 1.82) is 5.26 Å². The summed E-state index contributed by atoms with van der Waals surface area (Å²) in [5.74, 6) is 1.41. The van der Waals surface area contributed by atoms with Crippen LogP contribution in [0.1, 0.15) is 35.1 Å². The molecule has 3 aromatic rings. The first-order valence-corrected chi connectivity index (χ1v) is 9.28. The summed E-state index contributed by atoms with van der Waals surface area (Å²) < 4.78 is 17.0. The molecule has 4 rings (SSSR count). The van der Waals surface area contributed by atoms with Gasteiger partial charge in [-0.1, -0.05) is 12.1 Å². The van der Waals surface area contributed by atoms with Crippen LogP contribution in [0, 0.1) is 11.3 Å². The van der Waals surface area contributed by atoms with E-state index in [9.17, 15) is 10.4 Å². The van der Waals surface area contributed by atoms with Crippen molar-refractivity contribution in [1.82, 2.24) is 4.98 Å². The number of rotatable bonds is 4. The number of benzene rings is 2. The molecule has 2 heterocycles. The molecule has 0 saturated carbocycles. The van der Waals surface area contributed by atoms with Crippen LogP contribution in [0.25, 0.3) is 0 Å². The average molecular weight is 404 g/mol. The maximum Gasteiger partial charge on any atom is 0.227 e. The number of nitriles is 1. The molecule has 1 aliphatic rings. The normalized spacial score (nSPS) is 14.1. The Morgan fingerprint density at radius 1 is 1.20 bits per heavy atom. The van der Waals surface area contributed by atoms with Crippen molar-refractivity contribution in [3.63, 3.8) is 0 Å². The Balaban J connectivity index is 1.99.